The van der Waals surface area contributed by atoms with E-state index in [9.17, 15) is 4.79 Å². The van der Waals surface area contributed by atoms with E-state index in [1.165, 1.54) is 0 Å². The minimum absolute atomic E-state index is 0.0927. The SMILES string of the molecule is COc1cc[c]c(CC(=O)c2ccccc2)c1. The van der Waals surface area contributed by atoms with Crippen LogP contribution in [0, 0.1) is 6.07 Å². The summed E-state index contributed by atoms with van der Waals surface area (Å²) in [7, 11) is 1.61. The summed E-state index contributed by atoms with van der Waals surface area (Å²) in [6.45, 7) is 0. The fourth-order valence-corrected chi connectivity index (χ4v) is 1.62. The van der Waals surface area contributed by atoms with E-state index in [-0.39, 0.29) is 5.78 Å². The van der Waals surface area contributed by atoms with Crippen LogP contribution in [0.3, 0.4) is 0 Å². The molecule has 0 aromatic heterocycles. The van der Waals surface area contributed by atoms with Crippen LogP contribution in [0.4, 0.5) is 0 Å². The van der Waals surface area contributed by atoms with Gasteiger partial charge < -0.3 is 4.74 Å². The second-order valence-corrected chi connectivity index (χ2v) is 3.72. The highest BCUT2D eigenvalue weighted by Crippen LogP contribution is 2.14. The lowest BCUT2D eigenvalue weighted by atomic mass is 10.0. The third-order valence-electron chi connectivity index (χ3n) is 2.52. The predicted octanol–water partition coefficient (Wildman–Crippen LogP) is 2.92. The third-order valence-corrected chi connectivity index (χ3v) is 2.52. The summed E-state index contributed by atoms with van der Waals surface area (Å²) in [6, 6.07) is 17.7. The van der Waals surface area contributed by atoms with Gasteiger partial charge in [0.2, 0.25) is 0 Å². The fraction of sp³-hybridized carbons (Fsp3) is 0.133. The molecule has 0 bridgehead atoms. The molecule has 0 heterocycles. The fourth-order valence-electron chi connectivity index (χ4n) is 1.62. The molecule has 85 valence electrons. The molecule has 0 aliphatic rings. The molecule has 0 spiro atoms. The Bertz CT molecular complexity index is 503. The van der Waals surface area contributed by atoms with Crippen LogP contribution < -0.4 is 4.74 Å². The van der Waals surface area contributed by atoms with Crippen LogP contribution >= 0.6 is 0 Å². The molecule has 0 aliphatic carbocycles. The minimum atomic E-state index is 0.0927. The van der Waals surface area contributed by atoms with E-state index in [0.717, 1.165) is 16.9 Å². The largest absolute Gasteiger partial charge is 0.497 e. The minimum Gasteiger partial charge on any atom is -0.497 e. The van der Waals surface area contributed by atoms with Gasteiger partial charge in [0.05, 0.1) is 7.11 Å². The van der Waals surface area contributed by atoms with Crippen molar-refractivity contribution in [2.24, 2.45) is 0 Å². The van der Waals surface area contributed by atoms with Gasteiger partial charge in [-0.3, -0.25) is 4.79 Å². The molecule has 2 heteroatoms. The number of benzene rings is 2. The Balaban J connectivity index is 2.13. The molecule has 2 nitrogen and oxygen atoms in total. The van der Waals surface area contributed by atoms with E-state index in [1.807, 2.05) is 42.5 Å². The number of rotatable bonds is 4. The van der Waals surface area contributed by atoms with Gasteiger partial charge in [0.25, 0.3) is 0 Å². The van der Waals surface area contributed by atoms with Crippen LogP contribution in [0.5, 0.6) is 5.75 Å². The first-order valence-electron chi connectivity index (χ1n) is 5.42. The monoisotopic (exact) mass is 225 g/mol. The zero-order chi connectivity index (χ0) is 12.1. The van der Waals surface area contributed by atoms with Crippen molar-refractivity contribution in [3.8, 4) is 5.75 Å². The first-order valence-corrected chi connectivity index (χ1v) is 5.42. The van der Waals surface area contributed by atoms with Crippen LogP contribution in [0.25, 0.3) is 0 Å². The number of carbonyl (C=O) groups excluding carboxylic acids is 1. The highest BCUT2D eigenvalue weighted by atomic mass is 16.5. The van der Waals surface area contributed by atoms with E-state index in [1.54, 1.807) is 13.2 Å². The van der Waals surface area contributed by atoms with Crippen molar-refractivity contribution in [1.29, 1.82) is 0 Å². The molecule has 0 saturated heterocycles. The normalized spacial score (nSPS) is 9.94. The molecule has 1 radical (unpaired) electrons. The third kappa shape index (κ3) is 2.94. The zero-order valence-electron chi connectivity index (χ0n) is 9.64. The van der Waals surface area contributed by atoms with Crippen molar-refractivity contribution in [2.75, 3.05) is 7.11 Å². The molecule has 0 unspecified atom stereocenters. The maximum absolute atomic E-state index is 12.0. The molecule has 0 fully saturated rings. The van der Waals surface area contributed by atoms with E-state index < -0.39 is 0 Å². The molecule has 2 aromatic rings. The Morgan fingerprint density at radius 1 is 1.24 bits per heavy atom. The summed E-state index contributed by atoms with van der Waals surface area (Å²) in [6.07, 6.45) is 0.348. The van der Waals surface area contributed by atoms with E-state index >= 15 is 0 Å². The molecule has 2 aromatic carbocycles. The number of ketones is 1. The molecule has 0 amide bonds. The number of hydrogen-bond acceptors (Lipinski definition) is 2. The maximum Gasteiger partial charge on any atom is 0.167 e. The van der Waals surface area contributed by atoms with Gasteiger partial charge in [0.1, 0.15) is 5.75 Å². The van der Waals surface area contributed by atoms with Crippen LogP contribution in [0.2, 0.25) is 0 Å². The van der Waals surface area contributed by atoms with Gasteiger partial charge in [0.15, 0.2) is 5.78 Å². The lowest BCUT2D eigenvalue weighted by Crippen LogP contribution is -2.03. The highest BCUT2D eigenvalue weighted by Gasteiger charge is 2.06. The van der Waals surface area contributed by atoms with Crippen LogP contribution in [0.15, 0.2) is 48.5 Å². The average molecular weight is 225 g/mol. The number of ether oxygens (including phenoxy) is 1. The van der Waals surface area contributed by atoms with Crippen molar-refractivity contribution >= 4 is 5.78 Å². The summed E-state index contributed by atoms with van der Waals surface area (Å²) in [4.78, 5) is 12.0. The maximum atomic E-state index is 12.0. The summed E-state index contributed by atoms with van der Waals surface area (Å²) in [5, 5.41) is 0. The zero-order valence-corrected chi connectivity index (χ0v) is 9.64. The van der Waals surface area contributed by atoms with Crippen molar-refractivity contribution in [3.63, 3.8) is 0 Å². The highest BCUT2D eigenvalue weighted by molar-refractivity contribution is 5.97. The summed E-state index contributed by atoms with van der Waals surface area (Å²) in [5.41, 5.74) is 1.57. The number of hydrogen-bond donors (Lipinski definition) is 0. The topological polar surface area (TPSA) is 26.3 Å². The lowest BCUT2D eigenvalue weighted by Gasteiger charge is -2.03. The van der Waals surface area contributed by atoms with E-state index in [4.69, 9.17) is 4.74 Å². The molecule has 17 heavy (non-hydrogen) atoms. The lowest BCUT2D eigenvalue weighted by molar-refractivity contribution is 0.0993. The number of carbonyl (C=O) groups is 1. The standard InChI is InChI=1S/C15H13O2/c1-17-14-9-5-6-12(10-14)11-15(16)13-7-3-2-4-8-13/h2-5,7-10H,11H2,1H3. The number of Topliss-reactive ketones (excluding diaryl/α,β-unsaturated/α-hetero) is 1. The Kier molecular flexibility index (Phi) is 3.55. The Hall–Kier alpha value is -2.09. The molecule has 0 atom stereocenters. The van der Waals surface area contributed by atoms with Gasteiger partial charge in [-0.05, 0) is 23.8 Å². The number of methoxy groups -OCH3 is 1. The molecular formula is C15H13O2. The van der Waals surface area contributed by atoms with E-state index in [0.29, 0.717) is 6.42 Å². The smallest absolute Gasteiger partial charge is 0.167 e. The molecule has 0 N–H and O–H groups in total. The first-order chi connectivity index (χ1) is 8.29. The van der Waals surface area contributed by atoms with E-state index in [2.05, 4.69) is 6.07 Å². The van der Waals surface area contributed by atoms with Crippen molar-refractivity contribution in [1.82, 2.24) is 0 Å². The van der Waals surface area contributed by atoms with Gasteiger partial charge in [0, 0.05) is 12.0 Å². The van der Waals surface area contributed by atoms with Gasteiger partial charge >= 0.3 is 0 Å². The van der Waals surface area contributed by atoms with Gasteiger partial charge in [-0.2, -0.15) is 0 Å². The quantitative estimate of drug-likeness (QED) is 0.748. The predicted molar refractivity (Wildman–Crippen MR) is 66.3 cm³/mol. The second kappa shape index (κ2) is 5.30. The average Bonchev–Trinajstić information content (AvgIpc) is 2.40. The summed E-state index contributed by atoms with van der Waals surface area (Å²) >= 11 is 0. The van der Waals surface area contributed by atoms with Crippen LogP contribution in [0.1, 0.15) is 15.9 Å². The van der Waals surface area contributed by atoms with Crippen molar-refractivity contribution in [3.05, 3.63) is 65.7 Å². The Morgan fingerprint density at radius 3 is 2.71 bits per heavy atom. The summed E-state index contributed by atoms with van der Waals surface area (Å²) in [5.74, 6) is 0.842. The molecule has 2 rings (SSSR count). The first kappa shape index (κ1) is 11.4. The Morgan fingerprint density at radius 2 is 2.00 bits per heavy atom. The van der Waals surface area contributed by atoms with Crippen LogP contribution in [-0.4, -0.2) is 12.9 Å². The summed E-state index contributed by atoms with van der Waals surface area (Å²) < 4.78 is 5.11. The van der Waals surface area contributed by atoms with Crippen molar-refractivity contribution < 1.29 is 9.53 Å². The molecule has 0 aliphatic heterocycles. The van der Waals surface area contributed by atoms with Gasteiger partial charge in [-0.15, -0.1) is 0 Å². The Labute approximate surface area is 101 Å². The van der Waals surface area contributed by atoms with Crippen molar-refractivity contribution in [2.45, 2.75) is 6.42 Å². The van der Waals surface area contributed by atoms with Gasteiger partial charge in [-0.1, -0.05) is 36.4 Å². The van der Waals surface area contributed by atoms with Gasteiger partial charge in [-0.25, -0.2) is 0 Å². The molecular weight excluding hydrogens is 212 g/mol. The molecule has 0 saturated carbocycles. The second-order valence-electron chi connectivity index (χ2n) is 3.72. The van der Waals surface area contributed by atoms with Crippen LogP contribution in [-0.2, 0) is 6.42 Å².